The zero-order valence-electron chi connectivity index (χ0n) is 35.5. The lowest BCUT2D eigenvalue weighted by Gasteiger charge is -2.19. The van der Waals surface area contributed by atoms with Gasteiger partial charge in [-0.2, -0.15) is 9.78 Å². The third kappa shape index (κ3) is 17.3. The molecule has 1 aliphatic carbocycles. The van der Waals surface area contributed by atoms with Gasteiger partial charge in [-0.05, 0) is 66.4 Å². The van der Waals surface area contributed by atoms with E-state index < -0.39 is 23.3 Å². The molecule has 0 amide bonds. The second kappa shape index (κ2) is 25.1. The number of aliphatic hydroxyl groups is 3. The Balaban J connectivity index is 0.00000159. The number of aliphatic imine (C=N–C) groups is 2. The summed E-state index contributed by atoms with van der Waals surface area (Å²) in [4.78, 5) is 28.2. The number of hydrogen-bond acceptors (Lipinski definition) is 10. The van der Waals surface area contributed by atoms with Gasteiger partial charge in [-0.1, -0.05) is 71.4 Å². The van der Waals surface area contributed by atoms with E-state index in [2.05, 4.69) is 45.9 Å². The fourth-order valence-electron chi connectivity index (χ4n) is 5.03. The summed E-state index contributed by atoms with van der Waals surface area (Å²) in [7, 11) is 1.65. The molecule has 5 N–H and O–H groups in total. The fraction of sp³-hybridized carbons (Fsp3) is 0.548. The molecule has 3 aromatic rings. The maximum Gasteiger partial charge on any atom is 0.435 e. The molecule has 1 aromatic carbocycles. The van der Waals surface area contributed by atoms with Crippen LogP contribution < -0.4 is 10.6 Å². The van der Waals surface area contributed by atoms with Gasteiger partial charge < -0.3 is 30.7 Å². The highest BCUT2D eigenvalue weighted by Gasteiger charge is 2.22. The first kappa shape index (κ1) is 49.8. The van der Waals surface area contributed by atoms with Crippen LogP contribution in [0.15, 0.2) is 58.7 Å². The minimum absolute atomic E-state index is 0.121. The lowest BCUT2D eigenvalue weighted by atomic mass is 10.0. The van der Waals surface area contributed by atoms with E-state index >= 15 is 4.39 Å². The summed E-state index contributed by atoms with van der Waals surface area (Å²) in [5, 5.41) is 37.9. The van der Waals surface area contributed by atoms with Gasteiger partial charge in [0.1, 0.15) is 22.3 Å². The van der Waals surface area contributed by atoms with Crippen molar-refractivity contribution in [3.8, 4) is 0 Å². The topological polar surface area (TPSA) is 166 Å². The number of aliphatic hydroxyl groups excluding tert-OH is 1. The standard InChI is InChI=1S/C35H46FN7O3S.C3H8O2.2C2H6/c1-7-23(22-44)14-13-17-38-31(26(8-2)32-41-28-15-11-9-10-12-16-30(28)47-32)42-33(37-6)39-20-24-18-25-21-40-43(29(25)19-27(24)36)34(45)46-35(3,4)5;1-3(2,4)5;2*1-2/h8-12,18-19,21,23,44H,7,13-17,20,22H2,1-6H3,(H2,37,38,39,42);4-5H,1-2H3;2*1-2H3/b11-9-,12-10?,26-8-;;;. The van der Waals surface area contributed by atoms with Gasteiger partial charge in [0.2, 0.25) is 0 Å². The second-order valence-corrected chi connectivity index (χ2v) is 14.9. The zero-order valence-corrected chi connectivity index (χ0v) is 36.3. The molecule has 0 saturated carbocycles. The number of carbonyl (C=O) groups excluding carboxylic acids is 1. The molecule has 1 atom stereocenters. The monoisotopic (exact) mass is 799 g/mol. The summed E-state index contributed by atoms with van der Waals surface area (Å²) in [6.07, 6.45) is 15.4. The number of benzene rings is 1. The molecule has 4 rings (SSSR count). The largest absolute Gasteiger partial charge is 0.442 e. The Morgan fingerprint density at radius 3 is 2.32 bits per heavy atom. The third-order valence-corrected chi connectivity index (χ3v) is 8.79. The van der Waals surface area contributed by atoms with E-state index in [1.807, 2.05) is 46.8 Å². The first-order valence-corrected chi connectivity index (χ1v) is 20.3. The number of halogens is 1. The van der Waals surface area contributed by atoms with E-state index in [1.54, 1.807) is 45.2 Å². The van der Waals surface area contributed by atoms with Crippen molar-refractivity contribution in [2.45, 2.75) is 126 Å². The molecular formula is C42H66FN7O5S. The van der Waals surface area contributed by atoms with Gasteiger partial charge >= 0.3 is 6.09 Å². The summed E-state index contributed by atoms with van der Waals surface area (Å²) < 4.78 is 21.8. The average molecular weight is 800 g/mol. The van der Waals surface area contributed by atoms with E-state index in [-0.39, 0.29) is 19.1 Å². The van der Waals surface area contributed by atoms with Crippen LogP contribution in [0.5, 0.6) is 0 Å². The lowest BCUT2D eigenvalue weighted by Crippen LogP contribution is -2.41. The van der Waals surface area contributed by atoms with Gasteiger partial charge in [0, 0.05) is 67.1 Å². The summed E-state index contributed by atoms with van der Waals surface area (Å²) in [5.41, 5.74) is 1.91. The maximum atomic E-state index is 15.3. The van der Waals surface area contributed by atoms with Crippen LogP contribution in [-0.4, -0.2) is 79.6 Å². The molecule has 12 nitrogen and oxygen atoms in total. The van der Waals surface area contributed by atoms with Gasteiger partial charge in [0.15, 0.2) is 11.7 Å². The minimum atomic E-state index is -1.50. The molecule has 0 bridgehead atoms. The molecule has 2 heterocycles. The van der Waals surface area contributed by atoms with Gasteiger partial charge in [-0.15, -0.1) is 11.3 Å². The number of fused-ring (bicyclic) bond motifs is 2. The van der Waals surface area contributed by atoms with Crippen molar-refractivity contribution in [2.24, 2.45) is 15.9 Å². The van der Waals surface area contributed by atoms with Crippen molar-refractivity contribution in [2.75, 3.05) is 20.2 Å². The molecule has 0 saturated heterocycles. The van der Waals surface area contributed by atoms with Crippen molar-refractivity contribution in [3.05, 3.63) is 75.7 Å². The molecule has 0 radical (unpaired) electrons. The van der Waals surface area contributed by atoms with E-state index in [4.69, 9.17) is 24.9 Å². The Labute approximate surface area is 337 Å². The van der Waals surface area contributed by atoms with Crippen LogP contribution in [0, 0.1) is 11.7 Å². The number of nitrogens with one attached hydrogen (secondary N) is 2. The highest BCUT2D eigenvalue weighted by Crippen LogP contribution is 2.28. The number of amidine groups is 1. The van der Waals surface area contributed by atoms with Crippen LogP contribution in [0.3, 0.4) is 0 Å². The van der Waals surface area contributed by atoms with Crippen molar-refractivity contribution < 1.29 is 29.2 Å². The molecule has 312 valence electrons. The number of allylic oxidation sites excluding steroid dienone is 5. The SMILES string of the molecule is C/C=C(/C(=NCCCC(CC)CO)NC(=NC)NCc1cc2cnn(C(=O)OC(C)(C)C)c2cc1F)c1nc2c(s1)CC=C/C=C\C2.CC.CC.CC(C)(O)O. The van der Waals surface area contributed by atoms with E-state index in [1.165, 1.54) is 31.0 Å². The van der Waals surface area contributed by atoms with Gasteiger partial charge in [-0.3, -0.25) is 9.98 Å². The average Bonchev–Trinajstić information content (AvgIpc) is 3.73. The second-order valence-electron chi connectivity index (χ2n) is 13.8. The number of rotatable bonds is 10. The maximum absolute atomic E-state index is 15.3. The summed E-state index contributed by atoms with van der Waals surface area (Å²) in [5.74, 6) is -0.721. The first-order valence-electron chi connectivity index (χ1n) is 19.5. The summed E-state index contributed by atoms with van der Waals surface area (Å²) in [6.45, 7) is 20.8. The van der Waals surface area contributed by atoms with Crippen LogP contribution >= 0.6 is 11.3 Å². The van der Waals surface area contributed by atoms with Crippen molar-refractivity contribution >= 4 is 45.7 Å². The molecule has 1 aliphatic rings. The number of aromatic nitrogens is 3. The van der Waals surface area contributed by atoms with Crippen LogP contribution in [0.2, 0.25) is 0 Å². The van der Waals surface area contributed by atoms with Crippen LogP contribution in [0.4, 0.5) is 9.18 Å². The molecule has 2 aromatic heterocycles. The normalized spacial score (nSPS) is 14.4. The molecule has 56 heavy (non-hydrogen) atoms. The molecule has 14 heteroatoms. The Kier molecular flexibility index (Phi) is 22.3. The van der Waals surface area contributed by atoms with Crippen molar-refractivity contribution in [3.63, 3.8) is 0 Å². The molecular weight excluding hydrogens is 734 g/mol. The zero-order chi connectivity index (χ0) is 42.5. The Hall–Kier alpha value is -4.24. The van der Waals surface area contributed by atoms with E-state index in [9.17, 15) is 9.90 Å². The molecule has 0 aliphatic heterocycles. The number of ether oxygens (including phenoxy) is 1. The Morgan fingerprint density at radius 2 is 1.75 bits per heavy atom. The number of thiazole rings is 1. The van der Waals surface area contributed by atoms with E-state index in [0.717, 1.165) is 53.1 Å². The predicted octanol–water partition coefficient (Wildman–Crippen LogP) is 8.35. The number of nitrogens with zero attached hydrogens (tertiary/aromatic N) is 5. The lowest BCUT2D eigenvalue weighted by molar-refractivity contribution is -0.127. The fourth-order valence-corrected chi connectivity index (χ4v) is 6.17. The van der Waals surface area contributed by atoms with Gasteiger partial charge in [0.25, 0.3) is 0 Å². The Bertz CT molecular complexity index is 1750. The van der Waals surface area contributed by atoms with Crippen LogP contribution in [-0.2, 0) is 24.1 Å². The minimum Gasteiger partial charge on any atom is -0.442 e. The number of carbonyl (C=O) groups is 1. The number of guanidine groups is 1. The number of hydrogen-bond donors (Lipinski definition) is 5. The summed E-state index contributed by atoms with van der Waals surface area (Å²) in [6, 6.07) is 2.95. The highest BCUT2D eigenvalue weighted by atomic mass is 32.1. The Morgan fingerprint density at radius 1 is 1.11 bits per heavy atom. The smallest absolute Gasteiger partial charge is 0.435 e. The van der Waals surface area contributed by atoms with Crippen LogP contribution in [0.25, 0.3) is 16.5 Å². The molecule has 1 unspecified atom stereocenters. The van der Waals surface area contributed by atoms with Gasteiger partial charge in [0.05, 0.1) is 17.4 Å². The van der Waals surface area contributed by atoms with E-state index in [0.29, 0.717) is 34.8 Å². The van der Waals surface area contributed by atoms with Crippen molar-refractivity contribution in [1.29, 1.82) is 0 Å². The first-order chi connectivity index (χ1) is 26.6. The quantitative estimate of drug-likeness (QED) is 0.0586. The molecule has 0 fully saturated rings. The van der Waals surface area contributed by atoms with Gasteiger partial charge in [-0.25, -0.2) is 14.2 Å². The van der Waals surface area contributed by atoms with Crippen LogP contribution in [0.1, 0.15) is 117 Å². The molecule has 0 spiro atoms. The summed E-state index contributed by atoms with van der Waals surface area (Å²) >= 11 is 1.66. The van der Waals surface area contributed by atoms with Crippen molar-refractivity contribution in [1.82, 2.24) is 25.4 Å². The highest BCUT2D eigenvalue weighted by molar-refractivity contribution is 7.13. The predicted molar refractivity (Wildman–Crippen MR) is 230 cm³/mol. The third-order valence-electron chi connectivity index (χ3n) is 7.64.